The van der Waals surface area contributed by atoms with Crippen molar-refractivity contribution in [3.63, 3.8) is 0 Å². The number of hydrogen-bond acceptors (Lipinski definition) is 3. The number of hydrogen-bond donors (Lipinski definition) is 1. The van der Waals surface area contributed by atoms with Crippen LogP contribution in [0.1, 0.15) is 19.8 Å². The number of carboxylic acid groups (broad SMARTS) is 1. The van der Waals surface area contributed by atoms with Crippen LogP contribution in [0.25, 0.3) is 0 Å². The van der Waals surface area contributed by atoms with Crippen LogP contribution in [0, 0.1) is 0 Å². The average molecular weight is 214 g/mol. The largest absolute Gasteiger partial charge is 0.480 e. The maximum atomic E-state index is 11.2. The van der Waals surface area contributed by atoms with E-state index in [0.717, 1.165) is 6.42 Å². The van der Waals surface area contributed by atoms with Gasteiger partial charge in [0.1, 0.15) is 6.04 Å². The molecular formula is C10H18N2O3. The van der Waals surface area contributed by atoms with Crippen LogP contribution in [0.2, 0.25) is 0 Å². The van der Waals surface area contributed by atoms with Gasteiger partial charge in [-0.15, -0.1) is 0 Å². The first-order chi connectivity index (χ1) is 6.93. The minimum atomic E-state index is -0.906. The Morgan fingerprint density at radius 3 is 2.40 bits per heavy atom. The molecule has 1 aliphatic heterocycles. The smallest absolute Gasteiger partial charge is 0.326 e. The molecule has 0 aromatic heterocycles. The molecule has 1 N–H and O–H groups in total. The molecule has 5 nitrogen and oxygen atoms in total. The van der Waals surface area contributed by atoms with Gasteiger partial charge in [-0.3, -0.25) is 4.79 Å². The second kappa shape index (κ2) is 4.61. The Kier molecular flexibility index (Phi) is 3.68. The van der Waals surface area contributed by atoms with Crippen LogP contribution in [-0.2, 0) is 9.59 Å². The zero-order valence-corrected chi connectivity index (χ0v) is 9.43. The third-order valence-corrected chi connectivity index (χ3v) is 2.99. The predicted molar refractivity (Wildman–Crippen MR) is 55.5 cm³/mol. The second-order valence-corrected chi connectivity index (χ2v) is 4.21. The number of nitrogens with zero attached hydrogens (tertiary/aromatic N) is 2. The monoisotopic (exact) mass is 214 g/mol. The van der Waals surface area contributed by atoms with E-state index >= 15 is 0 Å². The molecule has 1 amide bonds. The summed E-state index contributed by atoms with van der Waals surface area (Å²) in [6.45, 7) is 1.96. The highest BCUT2D eigenvalue weighted by molar-refractivity contribution is 5.82. The van der Waals surface area contributed by atoms with Crippen LogP contribution >= 0.6 is 0 Å². The van der Waals surface area contributed by atoms with Crippen molar-refractivity contribution in [1.82, 2.24) is 9.80 Å². The van der Waals surface area contributed by atoms with Crippen LogP contribution in [0.15, 0.2) is 0 Å². The quantitative estimate of drug-likeness (QED) is 0.703. The summed E-state index contributed by atoms with van der Waals surface area (Å²) >= 11 is 0. The molecule has 0 aliphatic carbocycles. The summed E-state index contributed by atoms with van der Waals surface area (Å²) in [5.41, 5.74) is 0. The highest BCUT2D eigenvalue weighted by Gasteiger charge is 2.35. The van der Waals surface area contributed by atoms with Gasteiger partial charge in [-0.1, -0.05) is 0 Å². The molecule has 0 spiro atoms. The van der Waals surface area contributed by atoms with Crippen LogP contribution in [0.4, 0.5) is 0 Å². The molecule has 15 heavy (non-hydrogen) atoms. The highest BCUT2D eigenvalue weighted by atomic mass is 16.4. The van der Waals surface area contributed by atoms with E-state index in [9.17, 15) is 9.59 Å². The first-order valence-electron chi connectivity index (χ1n) is 5.10. The number of aliphatic carboxylic acids is 1. The molecule has 0 unspecified atom stereocenters. The van der Waals surface area contributed by atoms with E-state index in [1.54, 1.807) is 0 Å². The van der Waals surface area contributed by atoms with Crippen LogP contribution in [0.5, 0.6) is 0 Å². The first kappa shape index (κ1) is 12.0. The van der Waals surface area contributed by atoms with Crippen molar-refractivity contribution in [2.24, 2.45) is 0 Å². The molecule has 0 saturated carbocycles. The molecule has 1 heterocycles. The van der Waals surface area contributed by atoms with Gasteiger partial charge in [0.15, 0.2) is 0 Å². The normalized spacial score (nSPS) is 26.8. The Hall–Kier alpha value is -1.10. The maximum Gasteiger partial charge on any atom is 0.326 e. The summed E-state index contributed by atoms with van der Waals surface area (Å²) in [5, 5.41) is 9.04. The number of amides is 1. The summed E-state index contributed by atoms with van der Waals surface area (Å²) in [7, 11) is 3.88. The fourth-order valence-corrected chi connectivity index (χ4v) is 2.03. The van der Waals surface area contributed by atoms with E-state index in [-0.39, 0.29) is 11.9 Å². The lowest BCUT2D eigenvalue weighted by Crippen LogP contribution is -2.53. The SMILES string of the molecule is CC(=O)N1CC[C@@H](N(C)C)C[C@H]1C(=O)O. The highest BCUT2D eigenvalue weighted by Crippen LogP contribution is 2.20. The third kappa shape index (κ3) is 2.68. The first-order valence-corrected chi connectivity index (χ1v) is 5.10. The summed E-state index contributed by atoms with van der Waals surface area (Å²) in [6.07, 6.45) is 1.36. The van der Waals surface area contributed by atoms with Crippen LogP contribution in [0.3, 0.4) is 0 Å². The number of likely N-dealkylation sites (tertiary alicyclic amines) is 1. The summed E-state index contributed by atoms with van der Waals surface area (Å²) < 4.78 is 0. The van der Waals surface area contributed by atoms with Gasteiger partial charge in [-0.25, -0.2) is 4.79 Å². The minimum Gasteiger partial charge on any atom is -0.480 e. The molecular weight excluding hydrogens is 196 g/mol. The average Bonchev–Trinajstić information content (AvgIpc) is 2.16. The van der Waals surface area contributed by atoms with Crippen molar-refractivity contribution < 1.29 is 14.7 Å². The minimum absolute atomic E-state index is 0.153. The number of carboxylic acids is 1. The van der Waals surface area contributed by atoms with Gasteiger partial charge in [0, 0.05) is 19.5 Å². The molecule has 1 rings (SSSR count). The van der Waals surface area contributed by atoms with Gasteiger partial charge < -0.3 is 14.9 Å². The lowest BCUT2D eigenvalue weighted by Gasteiger charge is -2.39. The third-order valence-electron chi connectivity index (χ3n) is 2.99. The van der Waals surface area contributed by atoms with Crippen molar-refractivity contribution in [1.29, 1.82) is 0 Å². The molecule has 0 aromatic carbocycles. The topological polar surface area (TPSA) is 60.9 Å². The lowest BCUT2D eigenvalue weighted by molar-refractivity contribution is -0.152. The van der Waals surface area contributed by atoms with Gasteiger partial charge in [0.25, 0.3) is 0 Å². The number of rotatable bonds is 2. The summed E-state index contributed by atoms with van der Waals surface area (Å²) in [6, 6.07) is -0.412. The van der Waals surface area contributed by atoms with E-state index < -0.39 is 12.0 Å². The Balaban J connectivity index is 2.74. The van der Waals surface area contributed by atoms with E-state index in [2.05, 4.69) is 0 Å². The second-order valence-electron chi connectivity index (χ2n) is 4.21. The molecule has 0 radical (unpaired) electrons. The standard InChI is InChI=1S/C10H18N2O3/c1-7(13)12-5-4-8(11(2)3)6-9(12)10(14)15/h8-9H,4-6H2,1-3H3,(H,14,15)/t8-,9+/m1/s1. The van der Waals surface area contributed by atoms with Crippen molar-refractivity contribution in [2.75, 3.05) is 20.6 Å². The van der Waals surface area contributed by atoms with Crippen molar-refractivity contribution in [3.8, 4) is 0 Å². The van der Waals surface area contributed by atoms with Crippen molar-refractivity contribution in [2.45, 2.75) is 31.8 Å². The summed E-state index contributed by atoms with van der Waals surface area (Å²) in [4.78, 5) is 25.7. The molecule has 0 aromatic rings. The van der Waals surface area contributed by atoms with Crippen molar-refractivity contribution >= 4 is 11.9 Å². The van der Waals surface area contributed by atoms with Crippen molar-refractivity contribution in [3.05, 3.63) is 0 Å². The molecule has 5 heteroatoms. The Labute approximate surface area is 89.7 Å². The molecule has 0 bridgehead atoms. The predicted octanol–water partition coefficient (Wildman–Crippen LogP) is 0.0121. The summed E-state index contributed by atoms with van der Waals surface area (Å²) in [5.74, 6) is -1.06. The molecule has 86 valence electrons. The van der Waals surface area contributed by atoms with E-state index in [0.29, 0.717) is 13.0 Å². The van der Waals surface area contributed by atoms with Gasteiger partial charge in [-0.2, -0.15) is 0 Å². The lowest BCUT2D eigenvalue weighted by atomic mass is 9.96. The van der Waals surface area contributed by atoms with Gasteiger partial charge in [0.05, 0.1) is 0 Å². The molecule has 1 fully saturated rings. The Bertz CT molecular complexity index is 265. The Morgan fingerprint density at radius 2 is 2.00 bits per heavy atom. The zero-order chi connectivity index (χ0) is 11.6. The number of carbonyl (C=O) groups is 2. The van der Waals surface area contributed by atoms with Crippen LogP contribution < -0.4 is 0 Å². The fraction of sp³-hybridized carbons (Fsp3) is 0.800. The van der Waals surface area contributed by atoms with Crippen LogP contribution in [-0.4, -0.2) is 59.5 Å². The van der Waals surface area contributed by atoms with Gasteiger partial charge in [-0.05, 0) is 26.9 Å². The molecule has 2 atom stereocenters. The Morgan fingerprint density at radius 1 is 1.40 bits per heavy atom. The molecule has 1 aliphatic rings. The maximum absolute atomic E-state index is 11.2. The van der Waals surface area contributed by atoms with E-state index in [4.69, 9.17) is 5.11 Å². The number of carbonyl (C=O) groups excluding carboxylic acids is 1. The number of piperidine rings is 1. The van der Waals surface area contributed by atoms with Gasteiger partial charge >= 0.3 is 5.97 Å². The zero-order valence-electron chi connectivity index (χ0n) is 9.43. The van der Waals surface area contributed by atoms with Gasteiger partial charge in [0.2, 0.25) is 5.91 Å². The fourth-order valence-electron chi connectivity index (χ4n) is 2.03. The molecule has 1 saturated heterocycles. The van der Waals surface area contributed by atoms with E-state index in [1.165, 1.54) is 11.8 Å². The van der Waals surface area contributed by atoms with E-state index in [1.807, 2.05) is 19.0 Å².